The number of hydrogen-bond donors (Lipinski definition) is 1. The van der Waals surface area contributed by atoms with Crippen LogP contribution in [-0.4, -0.2) is 26.7 Å². The normalized spacial score (nSPS) is 9.89. The first-order chi connectivity index (χ1) is 12.7. The summed E-state index contributed by atoms with van der Waals surface area (Å²) in [6, 6.07) is 13.7. The van der Waals surface area contributed by atoms with Crippen LogP contribution < -0.4 is 5.32 Å². The largest absolute Gasteiger partial charge is 0.388 e. The van der Waals surface area contributed by atoms with Crippen molar-refractivity contribution in [1.29, 1.82) is 0 Å². The predicted octanol–water partition coefficient (Wildman–Crippen LogP) is 5.64. The summed E-state index contributed by atoms with van der Waals surface area (Å²) >= 11 is 3.47. The Morgan fingerprint density at radius 2 is 1.63 bits per heavy atom. The number of methoxy groups -OCH3 is 1. The third-order valence-electron chi connectivity index (χ3n) is 3.59. The van der Waals surface area contributed by atoms with Gasteiger partial charge in [0.05, 0.1) is 6.61 Å². The number of ether oxygens (including phenoxy) is 1. The molecule has 0 heterocycles. The lowest BCUT2D eigenvalue weighted by Gasteiger charge is -2.18. The van der Waals surface area contributed by atoms with Crippen LogP contribution in [0.5, 0.6) is 0 Å². The highest BCUT2D eigenvalue weighted by molar-refractivity contribution is 9.10. The molecule has 27 heavy (non-hydrogen) atoms. The lowest BCUT2D eigenvalue weighted by atomic mass is 9.87. The Labute approximate surface area is 171 Å². The molecule has 0 unspecified atom stereocenters. The Morgan fingerprint density at radius 3 is 2.04 bits per heavy atom. The van der Waals surface area contributed by atoms with Gasteiger partial charge in [-0.25, -0.2) is 0 Å². The molecule has 0 aliphatic rings. The van der Waals surface area contributed by atoms with Crippen molar-refractivity contribution in [1.82, 2.24) is 0 Å². The Kier molecular flexibility index (Phi) is 12.3. The molecule has 0 amide bonds. The first-order valence-corrected chi connectivity index (χ1v) is 9.44. The van der Waals surface area contributed by atoms with Crippen LogP contribution in [0.1, 0.15) is 49.2 Å². The van der Waals surface area contributed by atoms with Crippen LogP contribution in [-0.2, 0) is 21.6 Å². The van der Waals surface area contributed by atoms with Gasteiger partial charge in [0.1, 0.15) is 12.6 Å². The monoisotopic (exact) mass is 435 g/mol. The fourth-order valence-corrected chi connectivity index (χ4v) is 2.63. The van der Waals surface area contributed by atoms with Crippen molar-refractivity contribution in [3.63, 3.8) is 0 Å². The van der Waals surface area contributed by atoms with Gasteiger partial charge < -0.3 is 14.8 Å². The maximum Gasteiger partial charge on any atom is 0.150 e. The van der Waals surface area contributed by atoms with Gasteiger partial charge in [-0.15, -0.1) is 0 Å². The average Bonchev–Trinajstić information content (AvgIpc) is 2.64. The second-order valence-corrected chi connectivity index (χ2v) is 7.53. The van der Waals surface area contributed by atoms with Crippen molar-refractivity contribution >= 4 is 34.2 Å². The molecular weight excluding hydrogens is 406 g/mol. The summed E-state index contributed by atoms with van der Waals surface area (Å²) in [5.74, 6) is 0. The van der Waals surface area contributed by atoms with Gasteiger partial charge in [-0.3, -0.25) is 4.79 Å². The van der Waals surface area contributed by atoms with Gasteiger partial charge in [-0.05, 0) is 30.0 Å². The van der Waals surface area contributed by atoms with Crippen LogP contribution in [0.2, 0.25) is 0 Å². The molecule has 0 aromatic heterocycles. The van der Waals surface area contributed by atoms with E-state index in [9.17, 15) is 4.79 Å². The molecule has 2 aromatic rings. The molecule has 148 valence electrons. The zero-order valence-corrected chi connectivity index (χ0v) is 18.6. The fraction of sp³-hybridized carbons (Fsp3) is 0.364. The molecule has 0 bridgehead atoms. The maximum atomic E-state index is 10.4. The molecule has 4 nitrogen and oxygen atoms in total. The summed E-state index contributed by atoms with van der Waals surface area (Å²) in [7, 11) is 3.60. The number of carbonyl (C=O) groups excluding carboxylic acids is 2. The van der Waals surface area contributed by atoms with Crippen molar-refractivity contribution in [2.24, 2.45) is 0 Å². The van der Waals surface area contributed by atoms with Crippen LogP contribution in [0.25, 0.3) is 0 Å². The summed E-state index contributed by atoms with van der Waals surface area (Å²) < 4.78 is 6.16. The highest BCUT2D eigenvalue weighted by Crippen LogP contribution is 2.25. The lowest BCUT2D eigenvalue weighted by Crippen LogP contribution is -2.10. The molecule has 0 aliphatic heterocycles. The minimum absolute atomic E-state index is 0.168. The Balaban J connectivity index is 0.000000438. The molecule has 0 fully saturated rings. The van der Waals surface area contributed by atoms with Gasteiger partial charge in [0, 0.05) is 35.4 Å². The SMILES string of the molecule is CC(C)(C)c1ccc(C=O)cc1.CC=O.CNc1cccc(Br)c1COC. The predicted molar refractivity (Wildman–Crippen MR) is 117 cm³/mol. The van der Waals surface area contributed by atoms with E-state index in [1.54, 1.807) is 7.11 Å². The van der Waals surface area contributed by atoms with Crippen molar-refractivity contribution < 1.29 is 14.3 Å². The zero-order chi connectivity index (χ0) is 20.9. The highest BCUT2D eigenvalue weighted by atomic mass is 79.9. The van der Waals surface area contributed by atoms with E-state index in [0.717, 1.165) is 33.9 Å². The fourth-order valence-electron chi connectivity index (χ4n) is 2.15. The van der Waals surface area contributed by atoms with E-state index in [0.29, 0.717) is 6.61 Å². The van der Waals surface area contributed by atoms with E-state index in [1.165, 1.54) is 12.5 Å². The van der Waals surface area contributed by atoms with E-state index >= 15 is 0 Å². The smallest absolute Gasteiger partial charge is 0.150 e. The molecule has 0 spiro atoms. The molecule has 0 saturated carbocycles. The van der Waals surface area contributed by atoms with E-state index in [2.05, 4.69) is 42.0 Å². The van der Waals surface area contributed by atoms with E-state index in [-0.39, 0.29) is 5.41 Å². The summed E-state index contributed by atoms with van der Waals surface area (Å²) in [5.41, 5.74) is 4.42. The summed E-state index contributed by atoms with van der Waals surface area (Å²) in [5, 5.41) is 3.11. The molecule has 2 rings (SSSR count). The average molecular weight is 436 g/mol. The number of rotatable bonds is 4. The summed E-state index contributed by atoms with van der Waals surface area (Å²) in [6.45, 7) is 8.53. The standard InChI is InChI=1S/C11H14O.C9H12BrNO.C2H4O/c1-11(2,3)10-6-4-9(8-12)5-7-10;1-11-9-5-3-4-8(10)7(9)6-12-2;1-2-3/h4-8H,1-3H3;3-5,11H,6H2,1-2H3;2H,1H3. The second kappa shape index (κ2) is 13.2. The van der Waals surface area contributed by atoms with Crippen LogP contribution in [0.3, 0.4) is 0 Å². The topological polar surface area (TPSA) is 55.4 Å². The zero-order valence-electron chi connectivity index (χ0n) is 17.0. The quantitative estimate of drug-likeness (QED) is 0.631. The minimum atomic E-state index is 0.168. The molecule has 5 heteroatoms. The second-order valence-electron chi connectivity index (χ2n) is 6.67. The first kappa shape index (κ1) is 25.0. The number of halogens is 1. The number of benzene rings is 2. The van der Waals surface area contributed by atoms with Gasteiger partial charge in [0.2, 0.25) is 0 Å². The van der Waals surface area contributed by atoms with Crippen LogP contribution >= 0.6 is 15.9 Å². The van der Waals surface area contributed by atoms with Crippen molar-refractivity contribution in [3.05, 3.63) is 63.6 Å². The number of aldehydes is 2. The minimum Gasteiger partial charge on any atom is -0.388 e. The summed E-state index contributed by atoms with van der Waals surface area (Å²) in [6.07, 6.45) is 1.62. The molecule has 0 saturated heterocycles. The van der Waals surface area contributed by atoms with E-state index in [1.807, 2.05) is 49.5 Å². The van der Waals surface area contributed by atoms with Crippen LogP contribution in [0.15, 0.2) is 46.9 Å². The third kappa shape index (κ3) is 9.50. The molecular formula is C22H30BrNO3. The Hall–Kier alpha value is -1.98. The number of hydrogen-bond acceptors (Lipinski definition) is 4. The van der Waals surface area contributed by atoms with Gasteiger partial charge in [0.15, 0.2) is 0 Å². The van der Waals surface area contributed by atoms with Gasteiger partial charge >= 0.3 is 0 Å². The van der Waals surface area contributed by atoms with Crippen molar-refractivity contribution in [2.45, 2.75) is 39.7 Å². The molecule has 0 radical (unpaired) electrons. The molecule has 0 atom stereocenters. The molecule has 1 N–H and O–H groups in total. The van der Waals surface area contributed by atoms with E-state index in [4.69, 9.17) is 9.53 Å². The van der Waals surface area contributed by atoms with E-state index < -0.39 is 0 Å². The number of anilines is 1. The van der Waals surface area contributed by atoms with Gasteiger partial charge in [0.25, 0.3) is 0 Å². The Bertz CT molecular complexity index is 692. The summed E-state index contributed by atoms with van der Waals surface area (Å²) in [4.78, 5) is 19.2. The molecule has 2 aromatic carbocycles. The molecule has 0 aliphatic carbocycles. The Morgan fingerprint density at radius 1 is 1.07 bits per heavy atom. The third-order valence-corrected chi connectivity index (χ3v) is 4.33. The number of carbonyl (C=O) groups is 2. The highest BCUT2D eigenvalue weighted by Gasteiger charge is 2.12. The van der Waals surface area contributed by atoms with Crippen LogP contribution in [0.4, 0.5) is 5.69 Å². The van der Waals surface area contributed by atoms with Crippen molar-refractivity contribution in [2.75, 3.05) is 19.5 Å². The first-order valence-electron chi connectivity index (χ1n) is 8.64. The van der Waals surface area contributed by atoms with Gasteiger partial charge in [-0.1, -0.05) is 67.0 Å². The van der Waals surface area contributed by atoms with Gasteiger partial charge in [-0.2, -0.15) is 0 Å². The maximum absolute atomic E-state index is 10.4. The van der Waals surface area contributed by atoms with Crippen LogP contribution in [0, 0.1) is 0 Å². The van der Waals surface area contributed by atoms with Crippen molar-refractivity contribution in [3.8, 4) is 0 Å². The number of nitrogens with one attached hydrogen (secondary N) is 1. The lowest BCUT2D eigenvalue weighted by molar-refractivity contribution is -0.106.